The number of ether oxygens (including phenoxy) is 2. The van der Waals surface area contributed by atoms with Crippen LogP contribution in [-0.2, 0) is 20.7 Å². The molecule has 1 amide bonds. The SMILES string of the molecule is COC(=O)C(Cc1cc(C)c(C)cc1[18F])NC(=O)OC(C)(C)C. The number of alkyl carbamates (subject to hydrolysis) is 1. The van der Waals surface area contributed by atoms with Crippen LogP contribution in [0, 0.1) is 19.7 Å². The van der Waals surface area contributed by atoms with E-state index in [-0.39, 0.29) is 6.42 Å². The highest BCUT2D eigenvalue weighted by Gasteiger charge is 2.26. The molecule has 0 aliphatic rings. The average Bonchev–Trinajstić information content (AvgIpc) is 2.40. The van der Waals surface area contributed by atoms with Crippen molar-refractivity contribution in [3.8, 4) is 0 Å². The van der Waals surface area contributed by atoms with Gasteiger partial charge >= 0.3 is 12.1 Å². The van der Waals surface area contributed by atoms with Gasteiger partial charge in [-0.05, 0) is 57.4 Å². The van der Waals surface area contributed by atoms with E-state index in [1.54, 1.807) is 33.8 Å². The summed E-state index contributed by atoms with van der Waals surface area (Å²) in [4.78, 5) is 23.7. The predicted molar refractivity (Wildman–Crippen MR) is 84.8 cm³/mol. The van der Waals surface area contributed by atoms with E-state index in [0.717, 1.165) is 11.1 Å². The maximum Gasteiger partial charge on any atom is 0.408 e. The fourth-order valence-corrected chi connectivity index (χ4v) is 2.00. The highest BCUT2D eigenvalue weighted by molar-refractivity contribution is 5.81. The summed E-state index contributed by atoms with van der Waals surface area (Å²) >= 11 is 0. The molecule has 1 rings (SSSR count). The predicted octanol–water partition coefficient (Wildman–Crippen LogP) is 3.05. The normalized spacial score (nSPS) is 12.5. The summed E-state index contributed by atoms with van der Waals surface area (Å²) in [5, 5.41) is 2.43. The van der Waals surface area contributed by atoms with Gasteiger partial charge in [-0.3, -0.25) is 0 Å². The second kappa shape index (κ2) is 7.44. The third-order valence-electron chi connectivity index (χ3n) is 3.26. The standard InChI is InChI=1S/C17H24FNO4/c1-10-7-12(13(18)8-11(10)2)9-14(15(20)22-6)19-16(21)23-17(3,4)5/h7-8,14H,9H2,1-6H3,(H,19,21)/i18-1. The Bertz CT molecular complexity index is 593. The molecule has 0 saturated carbocycles. The number of carbonyl (C=O) groups is 2. The van der Waals surface area contributed by atoms with Crippen LogP contribution < -0.4 is 5.32 Å². The number of halogens is 1. The van der Waals surface area contributed by atoms with E-state index in [4.69, 9.17) is 4.74 Å². The van der Waals surface area contributed by atoms with Crippen molar-refractivity contribution in [1.29, 1.82) is 0 Å². The first-order valence-corrected chi connectivity index (χ1v) is 7.36. The highest BCUT2D eigenvalue weighted by atomic mass is 18.2. The quantitative estimate of drug-likeness (QED) is 0.865. The lowest BCUT2D eigenvalue weighted by atomic mass is 10.00. The molecule has 0 heterocycles. The summed E-state index contributed by atoms with van der Waals surface area (Å²) in [5.74, 6) is -1.08. The van der Waals surface area contributed by atoms with Gasteiger partial charge in [0.05, 0.1) is 7.11 Å². The average molecular weight is 324 g/mol. The lowest BCUT2D eigenvalue weighted by Gasteiger charge is -2.23. The lowest BCUT2D eigenvalue weighted by molar-refractivity contribution is -0.143. The van der Waals surface area contributed by atoms with Crippen molar-refractivity contribution in [2.24, 2.45) is 0 Å². The van der Waals surface area contributed by atoms with Crippen LogP contribution >= 0.6 is 0 Å². The molecule has 0 fully saturated rings. The van der Waals surface area contributed by atoms with Crippen molar-refractivity contribution in [2.75, 3.05) is 7.11 Å². The Hall–Kier alpha value is -2.11. The van der Waals surface area contributed by atoms with Gasteiger partial charge in [-0.15, -0.1) is 0 Å². The Kier molecular flexibility index (Phi) is 6.12. The van der Waals surface area contributed by atoms with E-state index in [2.05, 4.69) is 10.1 Å². The van der Waals surface area contributed by atoms with Gasteiger partial charge in [-0.2, -0.15) is 0 Å². The summed E-state index contributed by atoms with van der Waals surface area (Å²) in [5.41, 5.74) is 1.36. The third-order valence-corrected chi connectivity index (χ3v) is 3.26. The molecule has 1 aromatic carbocycles. The number of hydrogen-bond donors (Lipinski definition) is 1. The topological polar surface area (TPSA) is 64.6 Å². The Morgan fingerprint density at radius 3 is 2.30 bits per heavy atom. The van der Waals surface area contributed by atoms with Crippen LogP contribution in [0.3, 0.4) is 0 Å². The smallest absolute Gasteiger partial charge is 0.408 e. The Morgan fingerprint density at radius 1 is 1.22 bits per heavy atom. The number of methoxy groups -OCH3 is 1. The zero-order valence-electron chi connectivity index (χ0n) is 14.5. The fourth-order valence-electron chi connectivity index (χ4n) is 2.00. The van der Waals surface area contributed by atoms with E-state index >= 15 is 0 Å². The second-order valence-corrected chi connectivity index (χ2v) is 6.45. The van der Waals surface area contributed by atoms with Crippen LogP contribution in [0.1, 0.15) is 37.5 Å². The first kappa shape index (κ1) is 18.9. The molecule has 1 atom stereocenters. The molecule has 5 nitrogen and oxygen atoms in total. The lowest BCUT2D eigenvalue weighted by Crippen LogP contribution is -2.45. The Balaban J connectivity index is 2.94. The monoisotopic (exact) mass is 324 g/mol. The molecule has 0 saturated heterocycles. The van der Waals surface area contributed by atoms with Crippen LogP contribution in [-0.4, -0.2) is 30.8 Å². The summed E-state index contributed by atoms with van der Waals surface area (Å²) in [7, 11) is 1.21. The highest BCUT2D eigenvalue weighted by Crippen LogP contribution is 2.17. The molecule has 128 valence electrons. The molecule has 0 aliphatic carbocycles. The van der Waals surface area contributed by atoms with E-state index in [0.29, 0.717) is 5.56 Å². The first-order chi connectivity index (χ1) is 10.5. The van der Waals surface area contributed by atoms with Crippen LogP contribution in [0.5, 0.6) is 0 Å². The van der Waals surface area contributed by atoms with Crippen LogP contribution in [0.2, 0.25) is 0 Å². The number of amides is 1. The van der Waals surface area contributed by atoms with Crippen molar-refractivity contribution >= 4 is 12.1 Å². The molecule has 0 aromatic heterocycles. The molecule has 0 spiro atoms. The van der Waals surface area contributed by atoms with Gasteiger partial charge < -0.3 is 14.8 Å². The molecular weight excluding hydrogens is 300 g/mol. The molecule has 0 bridgehead atoms. The maximum atomic E-state index is 14.1. The third kappa shape index (κ3) is 5.88. The van der Waals surface area contributed by atoms with Crippen LogP contribution in [0.4, 0.5) is 9.18 Å². The number of carbonyl (C=O) groups excluding carboxylic acids is 2. The van der Waals surface area contributed by atoms with Gasteiger partial charge in [-0.1, -0.05) is 6.07 Å². The van der Waals surface area contributed by atoms with Crippen molar-refractivity contribution in [2.45, 2.75) is 52.7 Å². The van der Waals surface area contributed by atoms with Crippen molar-refractivity contribution in [3.05, 3.63) is 34.6 Å². The molecule has 23 heavy (non-hydrogen) atoms. The maximum absolute atomic E-state index is 14.1. The molecule has 6 heteroatoms. The minimum absolute atomic E-state index is 0.0150. The second-order valence-electron chi connectivity index (χ2n) is 6.45. The fraction of sp³-hybridized carbons (Fsp3) is 0.529. The van der Waals surface area contributed by atoms with Crippen LogP contribution in [0.25, 0.3) is 0 Å². The number of esters is 1. The van der Waals surface area contributed by atoms with Gasteiger partial charge in [0.15, 0.2) is 0 Å². The molecule has 1 N–H and O–H groups in total. The molecular formula is C17H24FNO4. The van der Waals surface area contributed by atoms with Crippen molar-refractivity contribution < 1.29 is 23.5 Å². The largest absolute Gasteiger partial charge is 0.467 e. The van der Waals surface area contributed by atoms with Crippen molar-refractivity contribution in [1.82, 2.24) is 5.32 Å². The molecule has 1 aromatic rings. The van der Waals surface area contributed by atoms with Gasteiger partial charge in [0.1, 0.15) is 17.5 Å². The zero-order chi connectivity index (χ0) is 17.8. The molecule has 0 radical (unpaired) electrons. The minimum Gasteiger partial charge on any atom is -0.467 e. The number of benzene rings is 1. The Morgan fingerprint density at radius 2 is 1.78 bits per heavy atom. The van der Waals surface area contributed by atoms with Crippen LogP contribution in [0.15, 0.2) is 12.1 Å². The Labute approximate surface area is 136 Å². The van der Waals surface area contributed by atoms with E-state index < -0.39 is 29.5 Å². The van der Waals surface area contributed by atoms with E-state index in [1.807, 2.05) is 6.92 Å². The molecule has 0 aliphatic heterocycles. The van der Waals surface area contributed by atoms with Gasteiger partial charge in [0.2, 0.25) is 0 Å². The number of rotatable bonds is 4. The summed E-state index contributed by atoms with van der Waals surface area (Å²) in [6, 6.07) is 2.05. The minimum atomic E-state index is -1.02. The first-order valence-electron chi connectivity index (χ1n) is 7.36. The summed E-state index contributed by atoms with van der Waals surface area (Å²) in [6.45, 7) is 8.79. The molecule has 1 unspecified atom stereocenters. The summed E-state index contributed by atoms with van der Waals surface area (Å²) in [6.07, 6.45) is -0.768. The zero-order valence-corrected chi connectivity index (χ0v) is 14.5. The number of hydrogen-bond acceptors (Lipinski definition) is 4. The summed E-state index contributed by atoms with van der Waals surface area (Å²) < 4.78 is 23.9. The van der Waals surface area contributed by atoms with Gasteiger partial charge in [0, 0.05) is 6.42 Å². The van der Waals surface area contributed by atoms with Gasteiger partial charge in [0.25, 0.3) is 0 Å². The van der Waals surface area contributed by atoms with E-state index in [9.17, 15) is 14.0 Å². The van der Waals surface area contributed by atoms with Crippen molar-refractivity contribution in [3.63, 3.8) is 0 Å². The van der Waals surface area contributed by atoms with Gasteiger partial charge in [-0.25, -0.2) is 14.0 Å². The van der Waals surface area contributed by atoms with E-state index in [1.165, 1.54) is 13.2 Å². The number of aryl methyl sites for hydroxylation is 2. The number of nitrogens with one attached hydrogen (secondary N) is 1.